The zero-order chi connectivity index (χ0) is 21.7. The van der Waals surface area contributed by atoms with E-state index in [1.165, 1.54) is 16.2 Å². The molecule has 0 radical (unpaired) electrons. The number of carbonyl (C=O) groups is 2. The van der Waals surface area contributed by atoms with E-state index >= 15 is 0 Å². The highest BCUT2D eigenvalue weighted by atomic mass is 35.5. The second-order valence-corrected chi connectivity index (χ2v) is 9.18. The zero-order valence-electron chi connectivity index (χ0n) is 17.1. The molecule has 2 aromatic rings. The van der Waals surface area contributed by atoms with E-state index in [4.69, 9.17) is 32.7 Å². The molecule has 1 atom stereocenters. The van der Waals surface area contributed by atoms with Gasteiger partial charge in [-0.3, -0.25) is 4.79 Å². The van der Waals surface area contributed by atoms with Gasteiger partial charge in [-0.05, 0) is 62.3 Å². The number of fused-ring (bicyclic) bond motifs is 1. The first-order valence-electron chi connectivity index (χ1n) is 10.1. The van der Waals surface area contributed by atoms with Crippen LogP contribution in [-0.4, -0.2) is 25.1 Å². The monoisotopic (exact) mass is 469 g/mol. The van der Waals surface area contributed by atoms with Crippen molar-refractivity contribution in [2.45, 2.75) is 51.9 Å². The third kappa shape index (κ3) is 5.48. The number of aryl methyl sites for hydroxylation is 1. The summed E-state index contributed by atoms with van der Waals surface area (Å²) in [6, 6.07) is 5.02. The third-order valence-corrected chi connectivity index (χ3v) is 6.70. The molecule has 5 nitrogen and oxygen atoms in total. The molecule has 162 valence electrons. The molecule has 1 heterocycles. The fraction of sp³-hybridized carbons (Fsp3) is 0.455. The molecule has 3 rings (SSSR count). The highest BCUT2D eigenvalue weighted by molar-refractivity contribution is 7.17. The average Bonchev–Trinajstić information content (AvgIpc) is 3.06. The van der Waals surface area contributed by atoms with E-state index in [9.17, 15) is 9.59 Å². The molecule has 0 aliphatic heterocycles. The Morgan fingerprint density at radius 3 is 2.83 bits per heavy atom. The second kappa shape index (κ2) is 10.5. The van der Waals surface area contributed by atoms with Crippen molar-refractivity contribution in [3.05, 3.63) is 44.2 Å². The summed E-state index contributed by atoms with van der Waals surface area (Å²) in [7, 11) is 0. The molecule has 1 aliphatic rings. The summed E-state index contributed by atoms with van der Waals surface area (Å²) < 4.78 is 10.9. The fourth-order valence-electron chi connectivity index (χ4n) is 3.60. The molecule has 1 aliphatic carbocycles. The van der Waals surface area contributed by atoms with E-state index in [-0.39, 0.29) is 24.2 Å². The van der Waals surface area contributed by atoms with Crippen molar-refractivity contribution in [1.29, 1.82) is 0 Å². The maximum absolute atomic E-state index is 12.6. The van der Waals surface area contributed by atoms with Crippen LogP contribution in [0.4, 0.5) is 5.00 Å². The first-order valence-corrected chi connectivity index (χ1v) is 11.7. The number of esters is 1. The van der Waals surface area contributed by atoms with Crippen molar-refractivity contribution in [3.8, 4) is 5.75 Å². The number of rotatable bonds is 8. The van der Waals surface area contributed by atoms with Gasteiger partial charge in [0.1, 0.15) is 10.8 Å². The first kappa shape index (κ1) is 22.9. The predicted molar refractivity (Wildman–Crippen MR) is 121 cm³/mol. The highest BCUT2D eigenvalue weighted by Gasteiger charge is 2.30. The summed E-state index contributed by atoms with van der Waals surface area (Å²) in [4.78, 5) is 26.3. The number of benzene rings is 1. The van der Waals surface area contributed by atoms with Crippen LogP contribution >= 0.6 is 34.5 Å². The van der Waals surface area contributed by atoms with Crippen LogP contribution in [0, 0.1) is 0 Å². The number of nitrogens with one attached hydrogen (secondary N) is 1. The van der Waals surface area contributed by atoms with Gasteiger partial charge in [0, 0.05) is 16.3 Å². The zero-order valence-corrected chi connectivity index (χ0v) is 19.4. The molecule has 1 unspecified atom stereocenters. The summed E-state index contributed by atoms with van der Waals surface area (Å²) in [5.41, 5.74) is 1.57. The van der Waals surface area contributed by atoms with Gasteiger partial charge in [-0.1, -0.05) is 30.1 Å². The minimum atomic E-state index is -0.361. The van der Waals surface area contributed by atoms with E-state index < -0.39 is 0 Å². The Bertz CT molecular complexity index is 928. The smallest absolute Gasteiger partial charge is 0.341 e. The Morgan fingerprint density at radius 1 is 1.30 bits per heavy atom. The SMILES string of the molecule is CCOC(=O)c1c(NC(=O)CCCOc2ccc(Cl)cc2Cl)sc2c1C(C)CCC2. The van der Waals surface area contributed by atoms with Gasteiger partial charge in [-0.25, -0.2) is 4.79 Å². The van der Waals surface area contributed by atoms with E-state index in [0.717, 1.165) is 24.8 Å². The Balaban J connectivity index is 1.61. The van der Waals surface area contributed by atoms with Crippen molar-refractivity contribution in [2.75, 3.05) is 18.5 Å². The van der Waals surface area contributed by atoms with Crippen LogP contribution in [0.15, 0.2) is 18.2 Å². The molecule has 0 fully saturated rings. The Labute approximate surface area is 190 Å². The van der Waals surface area contributed by atoms with Crippen LogP contribution in [0.2, 0.25) is 10.0 Å². The van der Waals surface area contributed by atoms with Crippen molar-refractivity contribution in [3.63, 3.8) is 0 Å². The van der Waals surface area contributed by atoms with Crippen molar-refractivity contribution < 1.29 is 19.1 Å². The largest absolute Gasteiger partial charge is 0.492 e. The van der Waals surface area contributed by atoms with Crippen molar-refractivity contribution in [1.82, 2.24) is 0 Å². The van der Waals surface area contributed by atoms with Crippen LogP contribution < -0.4 is 10.1 Å². The van der Waals surface area contributed by atoms with Crippen LogP contribution in [-0.2, 0) is 16.0 Å². The minimum Gasteiger partial charge on any atom is -0.492 e. The molecule has 0 bridgehead atoms. The lowest BCUT2D eigenvalue weighted by atomic mass is 9.86. The second-order valence-electron chi connectivity index (χ2n) is 7.23. The molecule has 30 heavy (non-hydrogen) atoms. The number of thiophene rings is 1. The Hall–Kier alpha value is -1.76. The van der Waals surface area contributed by atoms with E-state index in [1.807, 2.05) is 0 Å². The Kier molecular flexibility index (Phi) is 8.03. The van der Waals surface area contributed by atoms with Crippen LogP contribution in [0.25, 0.3) is 0 Å². The molecule has 1 amide bonds. The topological polar surface area (TPSA) is 64.6 Å². The number of carbonyl (C=O) groups excluding carboxylic acids is 2. The van der Waals surface area contributed by atoms with Gasteiger partial charge in [0.05, 0.1) is 23.8 Å². The van der Waals surface area contributed by atoms with E-state index in [1.54, 1.807) is 25.1 Å². The predicted octanol–water partition coefficient (Wildman–Crippen LogP) is 6.47. The van der Waals surface area contributed by atoms with E-state index in [0.29, 0.717) is 46.0 Å². The van der Waals surface area contributed by atoms with Gasteiger partial charge in [0.2, 0.25) is 5.91 Å². The molecule has 1 N–H and O–H groups in total. The maximum atomic E-state index is 12.6. The number of anilines is 1. The van der Waals surface area contributed by atoms with Crippen LogP contribution in [0.1, 0.15) is 66.2 Å². The Morgan fingerprint density at radius 2 is 2.10 bits per heavy atom. The van der Waals surface area contributed by atoms with Gasteiger partial charge in [-0.15, -0.1) is 11.3 Å². The standard InChI is InChI=1S/C22H25Cl2NO4S/c1-3-28-22(27)20-19-13(2)6-4-7-17(19)30-21(20)25-18(26)8-5-11-29-16-10-9-14(23)12-15(16)24/h9-10,12-13H,3-8,11H2,1-2H3,(H,25,26). The lowest BCUT2D eigenvalue weighted by molar-refractivity contribution is -0.116. The van der Waals surface area contributed by atoms with Crippen LogP contribution in [0.5, 0.6) is 5.75 Å². The summed E-state index contributed by atoms with van der Waals surface area (Å²) in [5.74, 6) is 0.302. The third-order valence-electron chi connectivity index (χ3n) is 4.99. The van der Waals surface area contributed by atoms with E-state index in [2.05, 4.69) is 12.2 Å². The molecule has 8 heteroatoms. The van der Waals surface area contributed by atoms with Gasteiger partial charge in [0.15, 0.2) is 0 Å². The van der Waals surface area contributed by atoms with Gasteiger partial charge in [0.25, 0.3) is 0 Å². The molecule has 1 aromatic heterocycles. The number of hydrogen-bond donors (Lipinski definition) is 1. The lowest BCUT2D eigenvalue weighted by Gasteiger charge is -2.19. The van der Waals surface area contributed by atoms with Crippen LogP contribution in [0.3, 0.4) is 0 Å². The molecule has 0 saturated carbocycles. The quantitative estimate of drug-likeness (QED) is 0.355. The van der Waals surface area contributed by atoms with Crippen molar-refractivity contribution >= 4 is 51.4 Å². The summed E-state index contributed by atoms with van der Waals surface area (Å²) in [5, 5.41) is 4.49. The maximum Gasteiger partial charge on any atom is 0.341 e. The summed E-state index contributed by atoms with van der Waals surface area (Å²) >= 11 is 13.4. The number of amides is 1. The van der Waals surface area contributed by atoms with Gasteiger partial charge < -0.3 is 14.8 Å². The number of hydrogen-bond acceptors (Lipinski definition) is 5. The molecule has 0 spiro atoms. The highest BCUT2D eigenvalue weighted by Crippen LogP contribution is 2.43. The first-order chi connectivity index (χ1) is 14.4. The molecular formula is C22H25Cl2NO4S. The van der Waals surface area contributed by atoms with Crippen molar-refractivity contribution in [2.24, 2.45) is 0 Å². The average molecular weight is 470 g/mol. The fourth-order valence-corrected chi connectivity index (χ4v) is 5.43. The molecule has 1 aromatic carbocycles. The number of ether oxygens (including phenoxy) is 2. The lowest BCUT2D eigenvalue weighted by Crippen LogP contribution is -2.17. The molecule has 0 saturated heterocycles. The normalized spacial score (nSPS) is 15.4. The number of halogens is 2. The summed E-state index contributed by atoms with van der Waals surface area (Å²) in [6.07, 6.45) is 3.85. The minimum absolute atomic E-state index is 0.155. The van der Waals surface area contributed by atoms with Gasteiger partial charge >= 0.3 is 5.97 Å². The summed E-state index contributed by atoms with van der Waals surface area (Å²) in [6.45, 7) is 4.55. The van der Waals surface area contributed by atoms with Gasteiger partial charge in [-0.2, -0.15) is 0 Å². The molecular weight excluding hydrogens is 445 g/mol.